The highest BCUT2D eigenvalue weighted by Crippen LogP contribution is 2.44. The Hall–Kier alpha value is -2.72. The van der Waals surface area contributed by atoms with Crippen molar-refractivity contribution in [2.45, 2.75) is 33.3 Å². The third kappa shape index (κ3) is 4.68. The average molecular weight is 514 g/mol. The third-order valence-electron chi connectivity index (χ3n) is 6.99. The van der Waals surface area contributed by atoms with E-state index in [1.165, 1.54) is 0 Å². The van der Waals surface area contributed by atoms with E-state index in [2.05, 4.69) is 15.4 Å². The first-order valence-corrected chi connectivity index (χ1v) is 12.6. The zero-order valence-corrected chi connectivity index (χ0v) is 21.9. The second-order valence-corrected chi connectivity index (χ2v) is 10.3. The van der Waals surface area contributed by atoms with Gasteiger partial charge in [-0.05, 0) is 52.4 Å². The van der Waals surface area contributed by atoms with Crippen molar-refractivity contribution in [2.75, 3.05) is 51.4 Å². The number of anilines is 1. The number of aromatic nitrogens is 3. The predicted octanol–water partition coefficient (Wildman–Crippen LogP) is 3.56. The van der Waals surface area contributed by atoms with Gasteiger partial charge in [-0.25, -0.2) is 9.97 Å². The van der Waals surface area contributed by atoms with Crippen LogP contribution in [0.1, 0.15) is 23.4 Å². The van der Waals surface area contributed by atoms with Crippen LogP contribution < -0.4 is 15.0 Å². The number of aryl methyl sites for hydroxylation is 2. The average Bonchev–Trinajstić information content (AvgIpc) is 3.45. The topological polar surface area (TPSA) is 106 Å². The normalized spacial score (nSPS) is 17.4. The van der Waals surface area contributed by atoms with E-state index in [1.54, 1.807) is 19.2 Å². The number of likely N-dealkylation sites (N-methyl/N-ethyl adjacent to an activating group) is 1. The van der Waals surface area contributed by atoms with Crippen molar-refractivity contribution in [3.8, 4) is 28.4 Å². The SMILES string of the molecule is CNC[C@@H](O)COc1ccc(Cl)c(-c2nc(-c3c(C)noc3C)c(C)c(N3CC4(CCOC4)C3)n2)c1. The first kappa shape index (κ1) is 25.0. The number of halogens is 1. The van der Waals surface area contributed by atoms with Crippen LogP contribution >= 0.6 is 11.6 Å². The summed E-state index contributed by atoms with van der Waals surface area (Å²) in [5, 5.41) is 17.6. The van der Waals surface area contributed by atoms with Crippen LogP contribution in [0.15, 0.2) is 22.7 Å². The molecule has 0 aliphatic carbocycles. The molecule has 2 N–H and O–H groups in total. The summed E-state index contributed by atoms with van der Waals surface area (Å²) in [6.07, 6.45) is 0.447. The van der Waals surface area contributed by atoms with Gasteiger partial charge in [-0.3, -0.25) is 0 Å². The van der Waals surface area contributed by atoms with Gasteiger partial charge in [0.1, 0.15) is 30.0 Å². The zero-order valence-electron chi connectivity index (χ0n) is 21.1. The first-order valence-electron chi connectivity index (χ1n) is 12.2. The molecule has 2 fully saturated rings. The van der Waals surface area contributed by atoms with Gasteiger partial charge < -0.3 is 29.3 Å². The second-order valence-electron chi connectivity index (χ2n) is 9.87. The molecule has 4 heterocycles. The number of rotatable bonds is 8. The minimum Gasteiger partial charge on any atom is -0.491 e. The highest BCUT2D eigenvalue weighted by Gasteiger charge is 2.47. The molecule has 0 saturated carbocycles. The molecule has 1 spiro atoms. The van der Waals surface area contributed by atoms with Crippen LogP contribution in [0.2, 0.25) is 5.02 Å². The number of aliphatic hydroxyl groups is 1. The Kier molecular flexibility index (Phi) is 6.91. The third-order valence-corrected chi connectivity index (χ3v) is 7.32. The van der Waals surface area contributed by atoms with Gasteiger partial charge in [0.25, 0.3) is 0 Å². The number of benzene rings is 1. The molecule has 36 heavy (non-hydrogen) atoms. The molecule has 2 aliphatic rings. The van der Waals surface area contributed by atoms with Crippen molar-refractivity contribution < 1.29 is 19.1 Å². The summed E-state index contributed by atoms with van der Waals surface area (Å²) in [6.45, 7) is 9.84. The van der Waals surface area contributed by atoms with Crippen molar-refractivity contribution in [1.82, 2.24) is 20.4 Å². The largest absolute Gasteiger partial charge is 0.491 e. The molecule has 0 unspecified atom stereocenters. The lowest BCUT2D eigenvalue weighted by Crippen LogP contribution is -2.57. The Balaban J connectivity index is 1.55. The van der Waals surface area contributed by atoms with E-state index in [1.807, 2.05) is 26.8 Å². The summed E-state index contributed by atoms with van der Waals surface area (Å²) in [6, 6.07) is 5.37. The van der Waals surface area contributed by atoms with Crippen LogP contribution in [0, 0.1) is 26.2 Å². The standard InChI is InChI=1S/C26H32ClN5O4/c1-15-23(22-16(2)31-36-17(22)3)29-24(30-25(15)32-12-26(13-32)7-8-34-14-26)20-9-19(5-6-21(20)27)35-11-18(33)10-28-4/h5-6,9,18,28,33H,7-8,10-14H2,1-4H3/t18-/m1/s1. The van der Waals surface area contributed by atoms with E-state index in [-0.39, 0.29) is 12.0 Å². The van der Waals surface area contributed by atoms with E-state index in [9.17, 15) is 5.11 Å². The van der Waals surface area contributed by atoms with Crippen LogP contribution in [0.25, 0.3) is 22.6 Å². The molecular weight excluding hydrogens is 482 g/mol. The van der Waals surface area contributed by atoms with E-state index in [0.717, 1.165) is 61.1 Å². The summed E-state index contributed by atoms with van der Waals surface area (Å²) in [7, 11) is 1.78. The van der Waals surface area contributed by atoms with Crippen LogP contribution in [0.4, 0.5) is 5.82 Å². The summed E-state index contributed by atoms with van der Waals surface area (Å²) < 4.78 is 17.0. The van der Waals surface area contributed by atoms with E-state index in [4.69, 9.17) is 35.6 Å². The Labute approximate surface area is 215 Å². The molecule has 1 aromatic carbocycles. The van der Waals surface area contributed by atoms with Crippen molar-refractivity contribution in [1.29, 1.82) is 0 Å². The summed E-state index contributed by atoms with van der Waals surface area (Å²) >= 11 is 6.65. The number of nitrogens with one attached hydrogen (secondary N) is 1. The number of hydrogen-bond donors (Lipinski definition) is 2. The second kappa shape index (κ2) is 9.97. The molecule has 2 aliphatic heterocycles. The lowest BCUT2D eigenvalue weighted by Gasteiger charge is -2.48. The lowest BCUT2D eigenvalue weighted by molar-refractivity contribution is 0.108. The number of hydrogen-bond acceptors (Lipinski definition) is 9. The van der Waals surface area contributed by atoms with Crippen molar-refractivity contribution >= 4 is 17.4 Å². The fourth-order valence-electron chi connectivity index (χ4n) is 5.06. The number of ether oxygens (including phenoxy) is 2. The fraction of sp³-hybridized carbons (Fsp3) is 0.500. The number of nitrogens with zero attached hydrogens (tertiary/aromatic N) is 4. The molecule has 2 aromatic heterocycles. The maximum Gasteiger partial charge on any atom is 0.163 e. The van der Waals surface area contributed by atoms with Gasteiger partial charge in [0, 0.05) is 42.8 Å². The molecule has 2 saturated heterocycles. The van der Waals surface area contributed by atoms with Crippen LogP contribution in [-0.2, 0) is 4.74 Å². The van der Waals surface area contributed by atoms with Gasteiger partial charge in [-0.2, -0.15) is 0 Å². The van der Waals surface area contributed by atoms with E-state index < -0.39 is 6.10 Å². The summed E-state index contributed by atoms with van der Waals surface area (Å²) in [5.41, 5.74) is 4.27. The maximum atomic E-state index is 10.0. The molecule has 0 bridgehead atoms. The molecule has 0 amide bonds. The Morgan fingerprint density at radius 1 is 1.25 bits per heavy atom. The van der Waals surface area contributed by atoms with Crippen molar-refractivity contribution in [2.24, 2.45) is 5.41 Å². The monoisotopic (exact) mass is 513 g/mol. The molecule has 9 nitrogen and oxygen atoms in total. The Morgan fingerprint density at radius 2 is 2.06 bits per heavy atom. The van der Waals surface area contributed by atoms with Crippen LogP contribution in [0.3, 0.4) is 0 Å². The van der Waals surface area contributed by atoms with E-state index >= 15 is 0 Å². The lowest BCUT2D eigenvalue weighted by atomic mass is 9.79. The molecule has 0 radical (unpaired) electrons. The maximum absolute atomic E-state index is 10.0. The van der Waals surface area contributed by atoms with Crippen LogP contribution in [-0.4, -0.2) is 72.8 Å². The zero-order chi connectivity index (χ0) is 25.4. The van der Waals surface area contributed by atoms with Crippen molar-refractivity contribution in [3.05, 3.63) is 40.2 Å². The van der Waals surface area contributed by atoms with Gasteiger partial charge >= 0.3 is 0 Å². The minimum atomic E-state index is -0.624. The van der Waals surface area contributed by atoms with Gasteiger partial charge in [0.05, 0.1) is 28.6 Å². The minimum absolute atomic E-state index is 0.157. The molecule has 1 atom stereocenters. The smallest absolute Gasteiger partial charge is 0.163 e. The highest BCUT2D eigenvalue weighted by atomic mass is 35.5. The van der Waals surface area contributed by atoms with Crippen LogP contribution in [0.5, 0.6) is 5.75 Å². The van der Waals surface area contributed by atoms with Gasteiger partial charge in [0.15, 0.2) is 5.82 Å². The fourth-order valence-corrected chi connectivity index (χ4v) is 5.26. The predicted molar refractivity (Wildman–Crippen MR) is 138 cm³/mol. The Bertz CT molecular complexity index is 1230. The molecule has 3 aromatic rings. The molecular formula is C26H32ClN5O4. The quantitative estimate of drug-likeness (QED) is 0.467. The van der Waals surface area contributed by atoms with Gasteiger partial charge in [-0.15, -0.1) is 0 Å². The van der Waals surface area contributed by atoms with Crippen molar-refractivity contribution in [3.63, 3.8) is 0 Å². The molecule has 10 heteroatoms. The number of aliphatic hydroxyl groups excluding tert-OH is 1. The summed E-state index contributed by atoms with van der Waals surface area (Å²) in [4.78, 5) is 12.3. The van der Waals surface area contributed by atoms with Gasteiger partial charge in [-0.1, -0.05) is 16.8 Å². The van der Waals surface area contributed by atoms with E-state index in [0.29, 0.717) is 34.5 Å². The Morgan fingerprint density at radius 3 is 2.72 bits per heavy atom. The summed E-state index contributed by atoms with van der Waals surface area (Å²) in [5.74, 6) is 2.66. The first-order chi connectivity index (χ1) is 17.3. The van der Waals surface area contributed by atoms with Gasteiger partial charge in [0.2, 0.25) is 0 Å². The molecule has 5 rings (SSSR count). The molecule has 192 valence electrons. The highest BCUT2D eigenvalue weighted by molar-refractivity contribution is 6.33.